The molecule has 2 aromatic rings. The highest BCUT2D eigenvalue weighted by atomic mass is 35.5. The quantitative estimate of drug-likeness (QED) is 0.659. The number of hydrogen-bond donors (Lipinski definition) is 1. The maximum Gasteiger partial charge on any atom is 0.101 e. The van der Waals surface area contributed by atoms with Gasteiger partial charge in [-0.3, -0.25) is 0 Å². The van der Waals surface area contributed by atoms with Gasteiger partial charge in [0.25, 0.3) is 0 Å². The molecule has 2 rings (SSSR count). The van der Waals surface area contributed by atoms with Gasteiger partial charge < -0.3 is 4.98 Å². The van der Waals surface area contributed by atoms with E-state index in [-0.39, 0.29) is 0 Å². The van der Waals surface area contributed by atoms with E-state index in [1.807, 2.05) is 18.3 Å². The molecule has 0 saturated carbocycles. The molecule has 3 heteroatoms. The number of aromatic nitrogens is 1. The Morgan fingerprint density at radius 3 is 3.00 bits per heavy atom. The predicted octanol–water partition coefficient (Wildman–Crippen LogP) is 2.69. The fourth-order valence-electron chi connectivity index (χ4n) is 1.16. The molecule has 12 heavy (non-hydrogen) atoms. The zero-order chi connectivity index (χ0) is 8.55. The van der Waals surface area contributed by atoms with Crippen LogP contribution in [-0.2, 0) is 0 Å². The Bertz CT molecular complexity index is 465. The molecule has 0 bridgehead atoms. The van der Waals surface area contributed by atoms with Crippen LogP contribution in [0.3, 0.4) is 0 Å². The van der Waals surface area contributed by atoms with E-state index in [0.29, 0.717) is 10.6 Å². The highest BCUT2D eigenvalue weighted by molar-refractivity contribution is 6.32. The summed E-state index contributed by atoms with van der Waals surface area (Å²) in [7, 11) is 0. The van der Waals surface area contributed by atoms with Crippen LogP contribution in [0, 0.1) is 11.3 Å². The number of halogens is 1. The highest BCUT2D eigenvalue weighted by Gasteiger charge is 2.01. The van der Waals surface area contributed by atoms with Gasteiger partial charge in [0, 0.05) is 17.1 Å². The summed E-state index contributed by atoms with van der Waals surface area (Å²) in [5.41, 5.74) is 1.45. The molecule has 0 fully saturated rings. The Morgan fingerprint density at radius 1 is 1.42 bits per heavy atom. The second-order valence-electron chi connectivity index (χ2n) is 2.51. The number of benzene rings is 1. The van der Waals surface area contributed by atoms with E-state index < -0.39 is 0 Å². The number of nitriles is 1. The minimum absolute atomic E-state index is 0.504. The van der Waals surface area contributed by atoms with E-state index >= 15 is 0 Å². The van der Waals surface area contributed by atoms with Gasteiger partial charge in [-0.15, -0.1) is 0 Å². The fourth-order valence-corrected chi connectivity index (χ4v) is 1.37. The Kier molecular flexibility index (Phi) is 1.53. The van der Waals surface area contributed by atoms with Gasteiger partial charge in [-0.2, -0.15) is 5.26 Å². The largest absolute Gasteiger partial charge is 0.361 e. The number of rotatable bonds is 0. The molecular weight excluding hydrogens is 172 g/mol. The summed E-state index contributed by atoms with van der Waals surface area (Å²) < 4.78 is 0. The smallest absolute Gasteiger partial charge is 0.101 e. The lowest BCUT2D eigenvalue weighted by Crippen LogP contribution is -1.76. The van der Waals surface area contributed by atoms with E-state index in [1.54, 1.807) is 12.1 Å². The predicted molar refractivity (Wildman–Crippen MR) is 48.0 cm³/mol. The molecule has 58 valence electrons. The summed E-state index contributed by atoms with van der Waals surface area (Å²) >= 11 is 5.82. The summed E-state index contributed by atoms with van der Waals surface area (Å²) in [5.74, 6) is 0. The Morgan fingerprint density at radius 2 is 2.25 bits per heavy atom. The maximum atomic E-state index is 8.67. The van der Waals surface area contributed by atoms with Gasteiger partial charge in [-0.25, -0.2) is 0 Å². The first-order valence-corrected chi connectivity index (χ1v) is 3.86. The molecule has 0 aliphatic carbocycles. The molecular formula is C9H5ClN2. The zero-order valence-corrected chi connectivity index (χ0v) is 6.89. The van der Waals surface area contributed by atoms with Crippen molar-refractivity contribution < 1.29 is 0 Å². The van der Waals surface area contributed by atoms with Crippen molar-refractivity contribution in [1.82, 2.24) is 4.98 Å². The molecule has 0 amide bonds. The zero-order valence-electron chi connectivity index (χ0n) is 6.13. The summed E-state index contributed by atoms with van der Waals surface area (Å²) in [4.78, 5) is 3.01. The average Bonchev–Trinajstić information content (AvgIpc) is 2.49. The second kappa shape index (κ2) is 2.54. The van der Waals surface area contributed by atoms with Crippen molar-refractivity contribution >= 4 is 22.5 Å². The van der Waals surface area contributed by atoms with Crippen molar-refractivity contribution in [1.29, 1.82) is 5.26 Å². The SMILES string of the molecule is N#Cc1cc2[nH]ccc2cc1Cl. The van der Waals surface area contributed by atoms with Crippen molar-refractivity contribution in [3.63, 3.8) is 0 Å². The standard InChI is InChI=1S/C9H5ClN2/c10-8-3-6-1-2-12-9(6)4-7(8)5-11/h1-4,12H. The third-order valence-electron chi connectivity index (χ3n) is 1.76. The number of H-pyrrole nitrogens is 1. The van der Waals surface area contributed by atoms with E-state index in [2.05, 4.69) is 4.98 Å². The minimum Gasteiger partial charge on any atom is -0.361 e. The van der Waals surface area contributed by atoms with Crippen LogP contribution in [0.15, 0.2) is 24.4 Å². The van der Waals surface area contributed by atoms with Crippen LogP contribution < -0.4 is 0 Å². The topological polar surface area (TPSA) is 39.6 Å². The first-order chi connectivity index (χ1) is 5.81. The van der Waals surface area contributed by atoms with Crippen LogP contribution in [0.1, 0.15) is 5.56 Å². The van der Waals surface area contributed by atoms with E-state index in [9.17, 15) is 0 Å². The third-order valence-corrected chi connectivity index (χ3v) is 2.07. The molecule has 1 aromatic carbocycles. The first-order valence-electron chi connectivity index (χ1n) is 3.48. The molecule has 0 saturated heterocycles. The van der Waals surface area contributed by atoms with Crippen molar-refractivity contribution in [3.05, 3.63) is 35.0 Å². The van der Waals surface area contributed by atoms with E-state index in [0.717, 1.165) is 10.9 Å². The Hall–Kier alpha value is -1.46. The van der Waals surface area contributed by atoms with Gasteiger partial charge >= 0.3 is 0 Å². The summed E-state index contributed by atoms with van der Waals surface area (Å²) in [5, 5.41) is 10.2. The van der Waals surface area contributed by atoms with Crippen LogP contribution in [0.4, 0.5) is 0 Å². The highest BCUT2D eigenvalue weighted by Crippen LogP contribution is 2.22. The van der Waals surface area contributed by atoms with Crippen molar-refractivity contribution in [2.75, 3.05) is 0 Å². The molecule has 0 aliphatic rings. The number of nitrogens with zero attached hydrogens (tertiary/aromatic N) is 1. The molecule has 1 aromatic heterocycles. The number of fused-ring (bicyclic) bond motifs is 1. The molecule has 1 heterocycles. The lowest BCUT2D eigenvalue weighted by atomic mass is 10.2. The van der Waals surface area contributed by atoms with Gasteiger partial charge in [0.1, 0.15) is 6.07 Å². The van der Waals surface area contributed by atoms with Gasteiger partial charge in [0.15, 0.2) is 0 Å². The first kappa shape index (κ1) is 7.20. The molecule has 0 spiro atoms. The minimum atomic E-state index is 0.504. The van der Waals surface area contributed by atoms with Gasteiger partial charge in [0.05, 0.1) is 10.6 Å². The number of nitrogens with one attached hydrogen (secondary N) is 1. The summed E-state index contributed by atoms with van der Waals surface area (Å²) in [6.07, 6.45) is 1.82. The van der Waals surface area contributed by atoms with E-state index in [4.69, 9.17) is 16.9 Å². The van der Waals surface area contributed by atoms with E-state index in [1.165, 1.54) is 0 Å². The van der Waals surface area contributed by atoms with Crippen molar-refractivity contribution in [2.24, 2.45) is 0 Å². The summed E-state index contributed by atoms with van der Waals surface area (Å²) in [6, 6.07) is 7.48. The fraction of sp³-hybridized carbons (Fsp3) is 0. The Labute approximate surface area is 74.4 Å². The summed E-state index contributed by atoms with van der Waals surface area (Å²) in [6.45, 7) is 0. The monoisotopic (exact) mass is 176 g/mol. The second-order valence-corrected chi connectivity index (χ2v) is 2.92. The Balaban J connectivity index is 2.84. The number of hydrogen-bond acceptors (Lipinski definition) is 1. The normalized spacial score (nSPS) is 10.0. The maximum absolute atomic E-state index is 8.67. The van der Waals surface area contributed by atoms with Crippen LogP contribution in [0.2, 0.25) is 5.02 Å². The molecule has 0 unspecified atom stereocenters. The molecule has 0 atom stereocenters. The van der Waals surface area contributed by atoms with Crippen LogP contribution in [0.25, 0.3) is 10.9 Å². The van der Waals surface area contributed by atoms with Crippen molar-refractivity contribution in [3.8, 4) is 6.07 Å². The lowest BCUT2D eigenvalue weighted by molar-refractivity contribution is 1.46. The van der Waals surface area contributed by atoms with Gasteiger partial charge in [-0.1, -0.05) is 11.6 Å². The van der Waals surface area contributed by atoms with Crippen LogP contribution in [0.5, 0.6) is 0 Å². The van der Waals surface area contributed by atoms with Gasteiger partial charge in [0.2, 0.25) is 0 Å². The molecule has 0 radical (unpaired) electrons. The third kappa shape index (κ3) is 0.956. The molecule has 0 aliphatic heterocycles. The van der Waals surface area contributed by atoms with Gasteiger partial charge in [-0.05, 0) is 18.2 Å². The average molecular weight is 177 g/mol. The molecule has 2 nitrogen and oxygen atoms in total. The van der Waals surface area contributed by atoms with Crippen LogP contribution in [-0.4, -0.2) is 4.98 Å². The molecule has 1 N–H and O–H groups in total. The number of aromatic amines is 1. The lowest BCUT2D eigenvalue weighted by Gasteiger charge is -1.94. The van der Waals surface area contributed by atoms with Crippen LogP contribution >= 0.6 is 11.6 Å². The van der Waals surface area contributed by atoms with Crippen molar-refractivity contribution in [2.45, 2.75) is 0 Å².